The summed E-state index contributed by atoms with van der Waals surface area (Å²) >= 11 is 6.08. The van der Waals surface area contributed by atoms with Gasteiger partial charge in [-0.15, -0.1) is 0 Å². The summed E-state index contributed by atoms with van der Waals surface area (Å²) in [7, 11) is 0. The van der Waals surface area contributed by atoms with Crippen LogP contribution in [0.4, 0.5) is 0 Å². The Hall–Kier alpha value is -1.42. The zero-order chi connectivity index (χ0) is 11.7. The average molecular weight is 237 g/mol. The molecule has 0 amide bonds. The number of hydrogen-bond donors (Lipinski definition) is 0. The third-order valence-electron chi connectivity index (χ3n) is 2.24. The maximum Gasteiger partial charge on any atom is 0.252 e. The van der Waals surface area contributed by atoms with E-state index in [0.717, 1.165) is 23.5 Å². The predicted octanol–water partition coefficient (Wildman–Crippen LogP) is 2.49. The van der Waals surface area contributed by atoms with Gasteiger partial charge in [-0.05, 0) is 32.4 Å². The van der Waals surface area contributed by atoms with Gasteiger partial charge < -0.3 is 0 Å². The van der Waals surface area contributed by atoms with Crippen LogP contribution in [0.2, 0.25) is 5.15 Å². The lowest BCUT2D eigenvalue weighted by Crippen LogP contribution is -2.05. The number of aromatic nitrogens is 4. The topological polar surface area (TPSA) is 43.6 Å². The second-order valence-corrected chi connectivity index (χ2v) is 4.06. The molecule has 0 N–H and O–H groups in total. The van der Waals surface area contributed by atoms with Gasteiger partial charge in [-0.25, -0.2) is 9.97 Å². The molecular formula is C11H13ClN4. The fourth-order valence-electron chi connectivity index (χ4n) is 1.52. The highest BCUT2D eigenvalue weighted by Gasteiger charge is 2.09. The van der Waals surface area contributed by atoms with E-state index < -0.39 is 0 Å². The summed E-state index contributed by atoms with van der Waals surface area (Å²) in [5.41, 5.74) is 2.76. The highest BCUT2D eigenvalue weighted by Crippen LogP contribution is 2.15. The van der Waals surface area contributed by atoms with E-state index in [9.17, 15) is 0 Å². The fraction of sp³-hybridized carbons (Fsp3) is 0.364. The molecule has 0 aromatic carbocycles. The highest BCUT2D eigenvalue weighted by molar-refractivity contribution is 6.29. The lowest BCUT2D eigenvalue weighted by atomic mass is 10.3. The molecule has 0 atom stereocenters. The summed E-state index contributed by atoms with van der Waals surface area (Å²) < 4.78 is 1.57. The lowest BCUT2D eigenvalue weighted by molar-refractivity contribution is 0.774. The van der Waals surface area contributed by atoms with Crippen molar-refractivity contribution < 1.29 is 0 Å². The number of hydrogen-bond acceptors (Lipinski definition) is 3. The Morgan fingerprint density at radius 2 is 1.81 bits per heavy atom. The van der Waals surface area contributed by atoms with Crippen LogP contribution in [0.5, 0.6) is 0 Å². The van der Waals surface area contributed by atoms with Crippen molar-refractivity contribution in [3.8, 4) is 5.95 Å². The van der Waals surface area contributed by atoms with Crippen LogP contribution in [0.25, 0.3) is 5.95 Å². The normalized spacial score (nSPS) is 10.8. The zero-order valence-electron chi connectivity index (χ0n) is 9.53. The van der Waals surface area contributed by atoms with E-state index in [4.69, 9.17) is 11.6 Å². The SMILES string of the molecule is CCc1cc(Cl)n(-c2nc(C)cc(C)n2)n1. The van der Waals surface area contributed by atoms with E-state index in [-0.39, 0.29) is 0 Å². The molecule has 2 rings (SSSR count). The van der Waals surface area contributed by atoms with Crippen molar-refractivity contribution in [3.05, 3.63) is 34.4 Å². The Labute approximate surface area is 99.3 Å². The van der Waals surface area contributed by atoms with E-state index in [1.54, 1.807) is 4.68 Å². The smallest absolute Gasteiger partial charge is 0.216 e. The molecule has 0 saturated heterocycles. The van der Waals surface area contributed by atoms with Crippen LogP contribution < -0.4 is 0 Å². The van der Waals surface area contributed by atoms with Gasteiger partial charge in [0.2, 0.25) is 0 Å². The summed E-state index contributed by atoms with van der Waals surface area (Å²) in [4.78, 5) is 8.64. The van der Waals surface area contributed by atoms with Gasteiger partial charge in [-0.2, -0.15) is 9.78 Å². The predicted molar refractivity (Wildman–Crippen MR) is 63.0 cm³/mol. The first-order valence-electron chi connectivity index (χ1n) is 5.17. The van der Waals surface area contributed by atoms with Gasteiger partial charge >= 0.3 is 0 Å². The summed E-state index contributed by atoms with van der Waals surface area (Å²) in [6.45, 7) is 5.89. The zero-order valence-corrected chi connectivity index (χ0v) is 10.3. The van der Waals surface area contributed by atoms with Crippen molar-refractivity contribution in [1.29, 1.82) is 0 Å². The molecule has 84 valence electrons. The molecule has 0 fully saturated rings. The van der Waals surface area contributed by atoms with Crippen LogP contribution in [0.1, 0.15) is 24.0 Å². The first kappa shape index (κ1) is 11.1. The second-order valence-electron chi connectivity index (χ2n) is 3.67. The third-order valence-corrected chi connectivity index (χ3v) is 2.51. The molecule has 0 unspecified atom stereocenters. The standard InChI is InChI=1S/C11H13ClN4/c1-4-9-6-10(12)16(15-9)11-13-7(2)5-8(3)14-11/h5-6H,4H2,1-3H3. The molecule has 0 aliphatic rings. The van der Waals surface area contributed by atoms with Crippen LogP contribution in [0.3, 0.4) is 0 Å². The highest BCUT2D eigenvalue weighted by atomic mass is 35.5. The summed E-state index contributed by atoms with van der Waals surface area (Å²) in [6, 6.07) is 3.75. The minimum absolute atomic E-state index is 0.530. The van der Waals surface area contributed by atoms with Crippen LogP contribution in [-0.2, 0) is 6.42 Å². The summed E-state index contributed by atoms with van der Waals surface area (Å²) in [5, 5.41) is 4.88. The molecule has 16 heavy (non-hydrogen) atoms. The molecule has 0 bridgehead atoms. The maximum atomic E-state index is 6.08. The molecule has 2 heterocycles. The van der Waals surface area contributed by atoms with E-state index in [2.05, 4.69) is 15.1 Å². The van der Waals surface area contributed by atoms with E-state index in [1.165, 1.54) is 0 Å². The van der Waals surface area contributed by atoms with Gasteiger partial charge in [0.1, 0.15) is 5.15 Å². The van der Waals surface area contributed by atoms with Gasteiger partial charge in [0.05, 0.1) is 5.69 Å². The van der Waals surface area contributed by atoms with E-state index in [0.29, 0.717) is 11.1 Å². The van der Waals surface area contributed by atoms with E-state index in [1.807, 2.05) is 32.9 Å². The molecule has 0 aliphatic carbocycles. The van der Waals surface area contributed by atoms with Crippen LogP contribution in [-0.4, -0.2) is 19.7 Å². The summed E-state index contributed by atoms with van der Waals surface area (Å²) in [5.74, 6) is 0.530. The number of nitrogens with zero attached hydrogens (tertiary/aromatic N) is 4. The first-order valence-corrected chi connectivity index (χ1v) is 5.55. The van der Waals surface area contributed by atoms with Crippen molar-refractivity contribution in [2.45, 2.75) is 27.2 Å². The Bertz CT molecular complexity index is 498. The first-order chi connectivity index (χ1) is 7.60. The van der Waals surface area contributed by atoms with Gasteiger partial charge in [0.15, 0.2) is 0 Å². The number of aryl methyl sites for hydroxylation is 3. The molecular weight excluding hydrogens is 224 g/mol. The van der Waals surface area contributed by atoms with Crippen molar-refractivity contribution in [2.75, 3.05) is 0 Å². The Balaban J connectivity index is 2.53. The van der Waals surface area contributed by atoms with Gasteiger partial charge in [0, 0.05) is 11.4 Å². The van der Waals surface area contributed by atoms with Crippen molar-refractivity contribution in [2.24, 2.45) is 0 Å². The Morgan fingerprint density at radius 1 is 1.19 bits per heavy atom. The number of rotatable bonds is 2. The van der Waals surface area contributed by atoms with E-state index >= 15 is 0 Å². The van der Waals surface area contributed by atoms with Crippen molar-refractivity contribution in [1.82, 2.24) is 19.7 Å². The average Bonchev–Trinajstić information content (AvgIpc) is 2.58. The lowest BCUT2D eigenvalue weighted by Gasteiger charge is -2.03. The molecule has 5 heteroatoms. The Kier molecular flexibility index (Phi) is 2.92. The molecule has 0 aliphatic heterocycles. The quantitative estimate of drug-likeness (QED) is 0.805. The van der Waals surface area contributed by atoms with Gasteiger partial charge in [-0.3, -0.25) is 0 Å². The molecule has 0 radical (unpaired) electrons. The fourth-order valence-corrected chi connectivity index (χ4v) is 1.76. The molecule has 2 aromatic rings. The molecule has 4 nitrogen and oxygen atoms in total. The Morgan fingerprint density at radius 3 is 2.31 bits per heavy atom. The van der Waals surface area contributed by atoms with Gasteiger partial charge in [0.25, 0.3) is 5.95 Å². The number of halogens is 1. The summed E-state index contributed by atoms with van der Waals surface area (Å²) in [6.07, 6.45) is 0.845. The maximum absolute atomic E-state index is 6.08. The van der Waals surface area contributed by atoms with Crippen molar-refractivity contribution in [3.63, 3.8) is 0 Å². The molecule has 0 saturated carbocycles. The minimum Gasteiger partial charge on any atom is -0.216 e. The van der Waals surface area contributed by atoms with Gasteiger partial charge in [-0.1, -0.05) is 18.5 Å². The minimum atomic E-state index is 0.530. The van der Waals surface area contributed by atoms with Crippen LogP contribution >= 0.6 is 11.6 Å². The van der Waals surface area contributed by atoms with Crippen molar-refractivity contribution >= 4 is 11.6 Å². The largest absolute Gasteiger partial charge is 0.252 e. The second kappa shape index (κ2) is 4.22. The monoisotopic (exact) mass is 236 g/mol. The third kappa shape index (κ3) is 2.07. The van der Waals surface area contributed by atoms with Crippen LogP contribution in [0, 0.1) is 13.8 Å². The molecule has 2 aromatic heterocycles. The molecule has 0 spiro atoms. The van der Waals surface area contributed by atoms with Crippen LogP contribution in [0.15, 0.2) is 12.1 Å².